The van der Waals surface area contributed by atoms with Crippen molar-refractivity contribution >= 4 is 22.3 Å². The molecule has 162 valence electrons. The predicted molar refractivity (Wildman–Crippen MR) is 124 cm³/mol. The van der Waals surface area contributed by atoms with Crippen LogP contribution in [0.25, 0.3) is 34.0 Å². The number of aromatic nitrogens is 8. The summed E-state index contributed by atoms with van der Waals surface area (Å²) >= 11 is 0. The first kappa shape index (κ1) is 20.2. The molecule has 5 aromatic rings. The summed E-state index contributed by atoms with van der Waals surface area (Å²) in [6.07, 6.45) is 3.51. The van der Waals surface area contributed by atoms with Gasteiger partial charge in [-0.15, -0.1) is 0 Å². The molecule has 0 radical (unpaired) electrons. The zero-order valence-electron chi connectivity index (χ0n) is 19.2. The Kier molecular flexibility index (Phi) is 4.37. The van der Waals surface area contributed by atoms with Crippen LogP contribution in [0.3, 0.4) is 0 Å². The van der Waals surface area contributed by atoms with Crippen LogP contribution in [-0.2, 0) is 10.8 Å². The monoisotopic (exact) mass is 426 g/mol. The molecule has 5 rings (SSSR count). The molecule has 8 nitrogen and oxygen atoms in total. The fourth-order valence-electron chi connectivity index (χ4n) is 3.71. The van der Waals surface area contributed by atoms with Crippen LogP contribution < -0.4 is 0 Å². The largest absolute Gasteiger partial charge is 0.237 e. The number of pyridine rings is 2. The van der Waals surface area contributed by atoms with E-state index in [0.717, 1.165) is 22.4 Å². The second kappa shape index (κ2) is 6.91. The van der Waals surface area contributed by atoms with E-state index < -0.39 is 0 Å². The van der Waals surface area contributed by atoms with E-state index in [9.17, 15) is 0 Å². The highest BCUT2D eigenvalue weighted by Gasteiger charge is 2.30. The van der Waals surface area contributed by atoms with E-state index in [4.69, 9.17) is 20.2 Å². The third kappa shape index (κ3) is 3.23. The van der Waals surface area contributed by atoms with Crippen LogP contribution in [0.4, 0.5) is 0 Å². The van der Waals surface area contributed by atoms with E-state index in [-0.39, 0.29) is 10.8 Å². The van der Waals surface area contributed by atoms with Crippen molar-refractivity contribution in [2.45, 2.75) is 52.4 Å². The van der Waals surface area contributed by atoms with Gasteiger partial charge in [0.05, 0.1) is 11.4 Å². The summed E-state index contributed by atoms with van der Waals surface area (Å²) in [5, 5.41) is 9.82. The molecular formula is C24H26N8. The number of hydrogen-bond acceptors (Lipinski definition) is 6. The van der Waals surface area contributed by atoms with Crippen LogP contribution >= 0.6 is 0 Å². The van der Waals surface area contributed by atoms with Crippen molar-refractivity contribution in [3.63, 3.8) is 0 Å². The van der Waals surface area contributed by atoms with Gasteiger partial charge in [0.15, 0.2) is 22.9 Å². The summed E-state index contributed by atoms with van der Waals surface area (Å²) in [6.45, 7) is 12.8. The molecule has 0 bridgehead atoms. The number of fused-ring (bicyclic) bond motifs is 2. The van der Waals surface area contributed by atoms with E-state index in [1.165, 1.54) is 0 Å². The molecule has 32 heavy (non-hydrogen) atoms. The van der Waals surface area contributed by atoms with Crippen molar-refractivity contribution in [3.8, 4) is 11.6 Å². The van der Waals surface area contributed by atoms with Gasteiger partial charge in [-0.3, -0.25) is 0 Å². The van der Waals surface area contributed by atoms with Crippen molar-refractivity contribution < 1.29 is 0 Å². The molecular weight excluding hydrogens is 400 g/mol. The minimum atomic E-state index is -0.233. The van der Waals surface area contributed by atoms with Crippen LogP contribution in [0.5, 0.6) is 0 Å². The Balaban J connectivity index is 1.92. The molecule has 0 aliphatic rings. The van der Waals surface area contributed by atoms with Crippen molar-refractivity contribution in [2.24, 2.45) is 0 Å². The Hall–Kier alpha value is -3.68. The molecule has 0 spiro atoms. The van der Waals surface area contributed by atoms with E-state index >= 15 is 0 Å². The van der Waals surface area contributed by atoms with Gasteiger partial charge in [-0.05, 0) is 24.3 Å². The number of hydrogen-bond donors (Lipinski definition) is 0. The number of rotatable bonds is 2. The van der Waals surface area contributed by atoms with Crippen molar-refractivity contribution in [3.05, 3.63) is 60.2 Å². The zero-order chi connectivity index (χ0) is 22.7. The Morgan fingerprint density at radius 3 is 1.31 bits per heavy atom. The third-order valence-electron chi connectivity index (χ3n) is 5.26. The second-order valence-electron chi connectivity index (χ2n) is 9.96. The molecule has 0 aliphatic heterocycles. The van der Waals surface area contributed by atoms with Gasteiger partial charge in [0.1, 0.15) is 11.0 Å². The molecule has 0 saturated heterocycles. The molecule has 5 aromatic heterocycles. The highest BCUT2D eigenvalue weighted by Crippen LogP contribution is 2.33. The molecule has 0 saturated carbocycles. The minimum Gasteiger partial charge on any atom is -0.237 e. The van der Waals surface area contributed by atoms with Gasteiger partial charge in [-0.2, -0.15) is 19.6 Å². The average Bonchev–Trinajstić information content (AvgIpc) is 3.32. The first-order chi connectivity index (χ1) is 15.1. The summed E-state index contributed by atoms with van der Waals surface area (Å²) in [4.78, 5) is 19.2. The lowest BCUT2D eigenvalue weighted by Gasteiger charge is -2.15. The van der Waals surface area contributed by atoms with Gasteiger partial charge in [-0.25, -0.2) is 19.9 Å². The first-order valence-electron chi connectivity index (χ1n) is 10.7. The molecule has 0 N–H and O–H groups in total. The standard InChI is InChI=1S/C24H26N8/c1-23(2,3)19-17-21(31(29-19)15-11-7-9-13-25-15)28-18-20(24(4,5)6)30-32(22(18)27-17)16-12-8-10-14-26-16/h7-14H,1-6H3. The van der Waals surface area contributed by atoms with Gasteiger partial charge in [0, 0.05) is 23.2 Å². The molecule has 0 atom stereocenters. The summed E-state index contributed by atoms with van der Waals surface area (Å²) in [5.74, 6) is 1.41. The Bertz CT molecular complexity index is 1310. The van der Waals surface area contributed by atoms with E-state index in [2.05, 4.69) is 51.5 Å². The third-order valence-corrected chi connectivity index (χ3v) is 5.26. The predicted octanol–water partition coefficient (Wildman–Crippen LogP) is 4.54. The Morgan fingerprint density at radius 1 is 0.594 bits per heavy atom. The fraction of sp³-hybridized carbons (Fsp3) is 0.333. The highest BCUT2D eigenvalue weighted by atomic mass is 15.4. The van der Waals surface area contributed by atoms with E-state index in [0.29, 0.717) is 22.9 Å². The maximum absolute atomic E-state index is 5.09. The normalized spacial score (nSPS) is 12.7. The first-order valence-corrected chi connectivity index (χ1v) is 10.7. The molecule has 8 heteroatoms. The van der Waals surface area contributed by atoms with Crippen LogP contribution in [0.2, 0.25) is 0 Å². The van der Waals surface area contributed by atoms with Gasteiger partial charge < -0.3 is 0 Å². The van der Waals surface area contributed by atoms with Crippen molar-refractivity contribution in [2.75, 3.05) is 0 Å². The summed E-state index contributed by atoms with van der Waals surface area (Å²) in [7, 11) is 0. The SMILES string of the molecule is CC(C)(C)c1nn(-c2ccccn2)c2nc3c(C(C)(C)C)nn(-c4ccccn4)c3nc12. The van der Waals surface area contributed by atoms with Crippen molar-refractivity contribution in [1.82, 2.24) is 39.5 Å². The van der Waals surface area contributed by atoms with E-state index in [1.807, 2.05) is 36.4 Å². The summed E-state index contributed by atoms with van der Waals surface area (Å²) < 4.78 is 3.57. The molecule has 0 aromatic carbocycles. The van der Waals surface area contributed by atoms with Crippen LogP contribution in [0.15, 0.2) is 48.8 Å². The second-order valence-corrected chi connectivity index (χ2v) is 9.96. The van der Waals surface area contributed by atoms with Crippen LogP contribution in [-0.4, -0.2) is 39.5 Å². The smallest absolute Gasteiger partial charge is 0.184 e. The zero-order valence-corrected chi connectivity index (χ0v) is 19.2. The summed E-state index contributed by atoms with van der Waals surface area (Å²) in [6, 6.07) is 11.5. The van der Waals surface area contributed by atoms with Crippen molar-refractivity contribution in [1.29, 1.82) is 0 Å². The summed E-state index contributed by atoms with van der Waals surface area (Å²) in [5.41, 5.74) is 4.09. The quantitative estimate of drug-likeness (QED) is 0.412. The lowest BCUT2D eigenvalue weighted by molar-refractivity contribution is 0.562. The molecule has 0 aliphatic carbocycles. The molecule has 0 fully saturated rings. The molecule has 5 heterocycles. The van der Waals surface area contributed by atoms with Crippen LogP contribution in [0, 0.1) is 0 Å². The maximum Gasteiger partial charge on any atom is 0.184 e. The minimum absolute atomic E-state index is 0.233. The highest BCUT2D eigenvalue weighted by molar-refractivity contribution is 5.88. The topological polar surface area (TPSA) is 87.2 Å². The van der Waals surface area contributed by atoms with E-state index in [1.54, 1.807) is 21.8 Å². The Morgan fingerprint density at radius 2 is 1.00 bits per heavy atom. The van der Waals surface area contributed by atoms with Gasteiger partial charge in [0.25, 0.3) is 0 Å². The number of nitrogens with zero attached hydrogens (tertiary/aromatic N) is 8. The van der Waals surface area contributed by atoms with Gasteiger partial charge >= 0.3 is 0 Å². The van der Waals surface area contributed by atoms with Gasteiger partial charge in [0.2, 0.25) is 0 Å². The molecule has 0 unspecified atom stereocenters. The fourth-order valence-corrected chi connectivity index (χ4v) is 3.71. The maximum atomic E-state index is 5.09. The Labute approximate surface area is 186 Å². The lowest BCUT2D eigenvalue weighted by Crippen LogP contribution is -2.13. The lowest BCUT2D eigenvalue weighted by atomic mass is 9.91. The van der Waals surface area contributed by atoms with Crippen LogP contribution in [0.1, 0.15) is 52.9 Å². The average molecular weight is 427 g/mol. The van der Waals surface area contributed by atoms with Gasteiger partial charge in [-0.1, -0.05) is 53.7 Å². The molecule has 0 amide bonds.